The lowest BCUT2D eigenvalue weighted by molar-refractivity contribution is -0.384. The van der Waals surface area contributed by atoms with Gasteiger partial charge in [-0.1, -0.05) is 42.8 Å². The molecule has 0 amide bonds. The molecule has 7 heteroatoms. The van der Waals surface area contributed by atoms with Gasteiger partial charge in [-0.05, 0) is 29.8 Å². The highest BCUT2D eigenvalue weighted by atomic mass is 35.5. The maximum Gasteiger partial charge on any atom is 0.271 e. The van der Waals surface area contributed by atoms with Crippen molar-refractivity contribution < 1.29 is 4.92 Å². The Morgan fingerprint density at radius 3 is 2.62 bits per heavy atom. The van der Waals surface area contributed by atoms with Crippen molar-refractivity contribution in [3.05, 3.63) is 73.8 Å². The molecule has 136 valence electrons. The second kappa shape index (κ2) is 8.34. The van der Waals surface area contributed by atoms with Gasteiger partial charge in [0.2, 0.25) is 0 Å². The fourth-order valence-electron chi connectivity index (χ4n) is 2.63. The van der Waals surface area contributed by atoms with Crippen LogP contribution in [0.15, 0.2) is 47.5 Å². The topological polar surface area (TPSA) is 58.7 Å². The molecule has 0 fully saturated rings. The van der Waals surface area contributed by atoms with Gasteiger partial charge in [0.1, 0.15) is 0 Å². The zero-order chi connectivity index (χ0) is 18.0. The number of non-ortho nitro benzene ring substituents is 1. The number of nitrogens with zero attached hydrogens (tertiary/aromatic N) is 3. The number of rotatable bonds is 3. The Bertz CT molecular complexity index is 894. The van der Waals surface area contributed by atoms with E-state index < -0.39 is 0 Å². The zero-order valence-electron chi connectivity index (χ0n) is 13.4. The average Bonchev–Trinajstić information content (AvgIpc) is 2.75. The number of benzodiazepines with no additional fused rings is 1. The normalized spacial score (nSPS) is 13.7. The summed E-state index contributed by atoms with van der Waals surface area (Å²) in [6.07, 6.45) is 3.79. The monoisotopic (exact) mass is 391 g/mol. The molecule has 0 saturated heterocycles. The van der Waals surface area contributed by atoms with E-state index in [0.29, 0.717) is 23.1 Å². The van der Waals surface area contributed by atoms with Crippen LogP contribution in [0.4, 0.5) is 11.4 Å². The van der Waals surface area contributed by atoms with Crippen LogP contribution in [-0.4, -0.2) is 30.8 Å². The van der Waals surface area contributed by atoms with Crippen molar-refractivity contribution in [2.75, 3.05) is 25.0 Å². The van der Waals surface area contributed by atoms with E-state index in [1.807, 2.05) is 30.2 Å². The summed E-state index contributed by atoms with van der Waals surface area (Å²) < 4.78 is 0. The van der Waals surface area contributed by atoms with Crippen LogP contribution in [0.2, 0.25) is 10.0 Å². The molecule has 26 heavy (non-hydrogen) atoms. The van der Waals surface area contributed by atoms with E-state index in [1.165, 1.54) is 6.07 Å². The van der Waals surface area contributed by atoms with Gasteiger partial charge < -0.3 is 4.90 Å². The number of anilines is 1. The lowest BCUT2D eigenvalue weighted by Gasteiger charge is -2.18. The molecule has 1 aliphatic rings. The third-order valence-corrected chi connectivity index (χ3v) is 4.71. The van der Waals surface area contributed by atoms with Crippen LogP contribution >= 0.6 is 23.2 Å². The Kier molecular flexibility index (Phi) is 6.40. The second-order valence-electron chi connectivity index (χ2n) is 5.65. The minimum atomic E-state index is -0.388. The number of aliphatic imine (C=N–C) groups is 1. The standard InChI is InChI=1S/C18H15Cl2N3O2.CH4/c1-22-9-8-21-17(7-3-12-2-6-15(19)16(20)10-12)14-5-4-13(23(24)25)11-18(14)22;/h2-7,10-11H,8-9H2,1H3;1H4/b7-3+;. The molecule has 1 aliphatic heterocycles. The maximum atomic E-state index is 11.1. The predicted molar refractivity (Wildman–Crippen MR) is 110 cm³/mol. The number of fused-ring (bicyclic) bond motifs is 1. The highest BCUT2D eigenvalue weighted by molar-refractivity contribution is 6.42. The number of nitro groups is 1. The molecule has 2 aromatic rings. The van der Waals surface area contributed by atoms with Crippen molar-refractivity contribution >= 4 is 46.4 Å². The first kappa shape index (κ1) is 19.9. The quantitative estimate of drug-likeness (QED) is 0.513. The Hall–Kier alpha value is -2.37. The molecule has 3 rings (SSSR count). The van der Waals surface area contributed by atoms with Gasteiger partial charge in [0.15, 0.2) is 0 Å². The molecule has 5 nitrogen and oxygen atoms in total. The number of hydrogen-bond donors (Lipinski definition) is 0. The van der Waals surface area contributed by atoms with E-state index in [1.54, 1.807) is 24.3 Å². The van der Waals surface area contributed by atoms with Gasteiger partial charge in [0.05, 0.1) is 32.9 Å². The molecule has 0 spiro atoms. The molecule has 0 bridgehead atoms. The van der Waals surface area contributed by atoms with Crippen LogP contribution in [0, 0.1) is 10.1 Å². The third kappa shape index (κ3) is 4.23. The molecule has 2 aromatic carbocycles. The molecule has 1 heterocycles. The second-order valence-corrected chi connectivity index (χ2v) is 6.47. The van der Waals surface area contributed by atoms with Gasteiger partial charge in [0, 0.05) is 31.3 Å². The molecule has 0 aromatic heterocycles. The number of halogens is 2. The van der Waals surface area contributed by atoms with E-state index >= 15 is 0 Å². The van der Waals surface area contributed by atoms with Crippen molar-refractivity contribution in [3.63, 3.8) is 0 Å². The zero-order valence-corrected chi connectivity index (χ0v) is 15.0. The van der Waals surface area contributed by atoms with E-state index in [4.69, 9.17) is 23.2 Å². The minimum Gasteiger partial charge on any atom is -0.372 e. The number of allylic oxidation sites excluding steroid dienone is 1. The van der Waals surface area contributed by atoms with Crippen molar-refractivity contribution in [2.24, 2.45) is 4.99 Å². The molecule has 0 saturated carbocycles. The summed E-state index contributed by atoms with van der Waals surface area (Å²) in [5.74, 6) is 0. The highest BCUT2D eigenvalue weighted by Gasteiger charge is 2.18. The van der Waals surface area contributed by atoms with Gasteiger partial charge in [-0.15, -0.1) is 0 Å². The first-order valence-corrected chi connectivity index (χ1v) is 8.39. The number of hydrogen-bond acceptors (Lipinski definition) is 4. The molecule has 0 radical (unpaired) electrons. The van der Waals surface area contributed by atoms with Gasteiger partial charge in [0.25, 0.3) is 5.69 Å². The maximum absolute atomic E-state index is 11.1. The molecule has 0 unspecified atom stereocenters. The first-order chi connectivity index (χ1) is 12.0. The summed E-state index contributed by atoms with van der Waals surface area (Å²) in [5, 5.41) is 12.0. The fraction of sp³-hybridized carbons (Fsp3) is 0.211. The van der Waals surface area contributed by atoms with Crippen LogP contribution in [-0.2, 0) is 0 Å². The van der Waals surface area contributed by atoms with Crippen molar-refractivity contribution in [1.82, 2.24) is 0 Å². The summed E-state index contributed by atoms with van der Waals surface area (Å²) in [6.45, 7) is 1.30. The summed E-state index contributed by atoms with van der Waals surface area (Å²) in [4.78, 5) is 17.2. The Morgan fingerprint density at radius 1 is 1.15 bits per heavy atom. The molecular formula is C19H19Cl2N3O2. The summed E-state index contributed by atoms with van der Waals surface area (Å²) in [7, 11) is 1.91. The minimum absolute atomic E-state index is 0. The van der Waals surface area contributed by atoms with E-state index in [0.717, 1.165) is 22.5 Å². The van der Waals surface area contributed by atoms with Gasteiger partial charge in [-0.2, -0.15) is 0 Å². The van der Waals surface area contributed by atoms with Crippen molar-refractivity contribution in [1.29, 1.82) is 0 Å². The SMILES string of the molecule is C.CN1CCN=C(/C=C/c2ccc(Cl)c(Cl)c2)c2ccc([N+](=O)[O-])cc21. The van der Waals surface area contributed by atoms with Gasteiger partial charge >= 0.3 is 0 Å². The Morgan fingerprint density at radius 2 is 1.92 bits per heavy atom. The summed E-state index contributed by atoms with van der Waals surface area (Å²) in [5.41, 5.74) is 3.41. The number of nitro benzene ring substituents is 1. The molecule has 0 N–H and O–H groups in total. The van der Waals surface area contributed by atoms with Crippen LogP contribution < -0.4 is 4.90 Å². The molecule has 0 atom stereocenters. The lowest BCUT2D eigenvalue weighted by Crippen LogP contribution is -2.20. The smallest absolute Gasteiger partial charge is 0.271 e. The molecular weight excluding hydrogens is 373 g/mol. The lowest BCUT2D eigenvalue weighted by atomic mass is 10.0. The van der Waals surface area contributed by atoms with Crippen LogP contribution in [0.5, 0.6) is 0 Å². The Labute approximate surface area is 162 Å². The third-order valence-electron chi connectivity index (χ3n) is 3.97. The average molecular weight is 392 g/mol. The van der Waals surface area contributed by atoms with Gasteiger partial charge in [-0.25, -0.2) is 0 Å². The van der Waals surface area contributed by atoms with Crippen LogP contribution in [0.25, 0.3) is 6.08 Å². The number of likely N-dealkylation sites (N-methyl/N-ethyl adjacent to an activating group) is 1. The highest BCUT2D eigenvalue weighted by Crippen LogP contribution is 2.28. The summed E-state index contributed by atoms with van der Waals surface area (Å²) in [6, 6.07) is 10.2. The Balaban J connectivity index is 0.00000243. The predicted octanol–water partition coefficient (Wildman–Crippen LogP) is 5.49. The van der Waals surface area contributed by atoms with Gasteiger partial charge in [-0.3, -0.25) is 15.1 Å². The fourth-order valence-corrected chi connectivity index (χ4v) is 2.93. The summed E-state index contributed by atoms with van der Waals surface area (Å²) >= 11 is 12.0. The van der Waals surface area contributed by atoms with Crippen molar-refractivity contribution in [3.8, 4) is 0 Å². The van der Waals surface area contributed by atoms with E-state index in [-0.39, 0.29) is 18.0 Å². The number of benzene rings is 2. The van der Waals surface area contributed by atoms with Crippen LogP contribution in [0.1, 0.15) is 18.6 Å². The first-order valence-electron chi connectivity index (χ1n) is 7.63. The van der Waals surface area contributed by atoms with Crippen LogP contribution in [0.3, 0.4) is 0 Å². The van der Waals surface area contributed by atoms with Crippen molar-refractivity contribution in [2.45, 2.75) is 7.43 Å². The van der Waals surface area contributed by atoms with E-state index in [2.05, 4.69) is 4.99 Å². The van der Waals surface area contributed by atoms with E-state index in [9.17, 15) is 10.1 Å². The largest absolute Gasteiger partial charge is 0.372 e. The molecule has 0 aliphatic carbocycles.